The number of nitrogens with one attached hydrogen (secondary N) is 2. The van der Waals surface area contributed by atoms with Crippen molar-refractivity contribution in [3.63, 3.8) is 0 Å². The minimum absolute atomic E-state index is 0.0543. The summed E-state index contributed by atoms with van der Waals surface area (Å²) in [6.45, 7) is 8.12. The maximum Gasteiger partial charge on any atom is 0.475 e. The van der Waals surface area contributed by atoms with Crippen LogP contribution < -0.4 is 42.4 Å². The Labute approximate surface area is 555 Å². The Hall–Kier alpha value is -8.68. The molecule has 2 aliphatic heterocycles. The van der Waals surface area contributed by atoms with E-state index >= 15 is 4.57 Å². The lowest BCUT2D eigenvalue weighted by Crippen LogP contribution is -2.68. The fraction of sp³-hybridized carbons (Fsp3) is 0.333. The summed E-state index contributed by atoms with van der Waals surface area (Å²) < 4.78 is 114. The summed E-state index contributed by atoms with van der Waals surface area (Å²) in [7, 11) is -10.2. The number of methoxy groups -OCH3 is 2. The summed E-state index contributed by atoms with van der Waals surface area (Å²) in [6, 6.07) is 51.8. The lowest BCUT2D eigenvalue weighted by Gasteiger charge is -2.45. The van der Waals surface area contributed by atoms with Gasteiger partial charge in [0.1, 0.15) is 54.0 Å². The van der Waals surface area contributed by atoms with Gasteiger partial charge in [-0.1, -0.05) is 154 Å². The molecule has 2 aliphatic rings. The third kappa shape index (κ3) is 14.4. The highest BCUT2D eigenvalue weighted by Gasteiger charge is 2.56. The molecule has 0 radical (unpaired) electrons. The number of phosphoric acid groups is 1. The van der Waals surface area contributed by atoms with Crippen LogP contribution in [0.4, 0.5) is 5.95 Å². The van der Waals surface area contributed by atoms with E-state index in [1.54, 1.807) is 26.4 Å². The highest BCUT2D eigenvalue weighted by atomic mass is 32.2. The molecule has 2 fully saturated rings. The second-order valence-electron chi connectivity index (χ2n) is 24.4. The summed E-state index contributed by atoms with van der Waals surface area (Å²) in [4.78, 5) is 53.8. The molecule has 2 saturated heterocycles. The highest BCUT2D eigenvalue weighted by molar-refractivity contribution is 7.86. The molecule has 9 aromatic rings. The molecule has 5 heterocycles. The molecule has 0 amide bonds. The third-order valence-electron chi connectivity index (χ3n) is 17.2. The predicted octanol–water partition coefficient (Wildman–Crippen LogP) is 9.02. The number of ether oxygens (including phenoxy) is 5. The lowest BCUT2D eigenvalue weighted by molar-refractivity contribution is -0.102. The van der Waals surface area contributed by atoms with Crippen LogP contribution in [0.3, 0.4) is 0 Å². The van der Waals surface area contributed by atoms with Gasteiger partial charge in [0.05, 0.1) is 63.9 Å². The molecule has 0 aliphatic carbocycles. The number of nitrogens with two attached hydrogens (primary N) is 1. The first-order chi connectivity index (χ1) is 46.1. The van der Waals surface area contributed by atoms with Crippen molar-refractivity contribution < 1.29 is 58.8 Å². The maximum atomic E-state index is 16.6. The van der Waals surface area contributed by atoms with Gasteiger partial charge in [0.2, 0.25) is 5.95 Å². The van der Waals surface area contributed by atoms with E-state index in [1.165, 1.54) is 40.7 Å². The van der Waals surface area contributed by atoms with E-state index in [9.17, 15) is 28.1 Å². The summed E-state index contributed by atoms with van der Waals surface area (Å²) >= 11 is 0. The van der Waals surface area contributed by atoms with E-state index in [1.807, 2.05) is 153 Å². The number of nitrogens with zero attached hydrogens (tertiary/aromatic N) is 5. The van der Waals surface area contributed by atoms with Gasteiger partial charge in [-0.15, -0.1) is 0 Å². The van der Waals surface area contributed by atoms with Gasteiger partial charge in [0, 0.05) is 31.0 Å². The smallest absolute Gasteiger partial charge is 0.475 e. The van der Waals surface area contributed by atoms with Crippen molar-refractivity contribution >= 4 is 53.7 Å². The lowest BCUT2D eigenvalue weighted by atomic mass is 9.80. The number of phosphoric ester groups is 1. The summed E-state index contributed by atoms with van der Waals surface area (Å²) in [6.07, 6.45) is -7.19. The van der Waals surface area contributed by atoms with E-state index in [0.29, 0.717) is 28.2 Å². The monoisotopic (exact) mass is 1360 g/mol. The topological polar surface area (TPSA) is 312 Å². The summed E-state index contributed by atoms with van der Waals surface area (Å²) in [5, 5.41) is 11.1. The number of aromatic nitrogens is 6. The van der Waals surface area contributed by atoms with Crippen molar-refractivity contribution in [3.05, 3.63) is 235 Å². The molecule has 4 N–H and O–H groups in total. The number of hydrogen-bond donors (Lipinski definition) is 3. The number of fused-ring (bicyclic) bond motifs is 1. The molecule has 96 heavy (non-hydrogen) atoms. The predicted molar refractivity (Wildman–Crippen MR) is 359 cm³/mol. The van der Waals surface area contributed by atoms with Crippen molar-refractivity contribution in [2.24, 2.45) is 0 Å². The molecule has 502 valence electrons. The number of anilines is 1. The van der Waals surface area contributed by atoms with Gasteiger partial charge in [-0.05, 0) is 82.3 Å². The van der Waals surface area contributed by atoms with Crippen LogP contribution in [0.5, 0.6) is 11.5 Å². The average molecular weight is 1360 g/mol. The van der Waals surface area contributed by atoms with Crippen LogP contribution in [0.1, 0.15) is 86.7 Å². The van der Waals surface area contributed by atoms with Gasteiger partial charge >= 0.3 is 13.5 Å². The Morgan fingerprint density at radius 2 is 1.31 bits per heavy atom. The van der Waals surface area contributed by atoms with Crippen molar-refractivity contribution in [3.8, 4) is 17.6 Å². The molecular weight excluding hydrogens is 1290 g/mol. The Morgan fingerprint density at radius 1 is 0.740 bits per heavy atom. The molecule has 0 bridgehead atoms. The van der Waals surface area contributed by atoms with Crippen LogP contribution in [0, 0.1) is 25.2 Å². The van der Waals surface area contributed by atoms with Crippen molar-refractivity contribution in [2.75, 3.05) is 39.8 Å². The second-order valence-corrected chi connectivity index (χ2v) is 31.8. The number of nitrogen functional groups attached to an aromatic ring is 1. The first-order valence-electron chi connectivity index (χ1n) is 31.2. The van der Waals surface area contributed by atoms with Gasteiger partial charge < -0.3 is 33.8 Å². The van der Waals surface area contributed by atoms with Crippen molar-refractivity contribution in [2.45, 2.75) is 119 Å². The number of nitriles is 1. The van der Waals surface area contributed by atoms with Gasteiger partial charge in [0.15, 0.2) is 11.2 Å². The van der Waals surface area contributed by atoms with E-state index < -0.39 is 116 Å². The number of imidazole rings is 1. The number of aromatic amines is 2. The fourth-order valence-electron chi connectivity index (χ4n) is 12.5. The minimum Gasteiger partial charge on any atom is -0.497 e. The number of hydrogen-bond acceptors (Lipinski definition) is 20. The van der Waals surface area contributed by atoms with Gasteiger partial charge in [-0.2, -0.15) is 18.7 Å². The van der Waals surface area contributed by atoms with Crippen LogP contribution in [0.15, 0.2) is 196 Å². The zero-order valence-corrected chi connectivity index (χ0v) is 56.6. The zero-order chi connectivity index (χ0) is 68.0. The van der Waals surface area contributed by atoms with Crippen LogP contribution in [-0.2, 0) is 56.7 Å². The average Bonchev–Trinajstić information content (AvgIpc) is 0.915. The molecule has 3 aromatic heterocycles. The first kappa shape index (κ1) is 68.7. The fourth-order valence-corrected chi connectivity index (χ4v) is 19.7. The number of aryl methyl sites for hydroxylation is 2. The molecular formula is C69H75N8O16PSSi. The second kappa shape index (κ2) is 29.0. The molecule has 24 nitrogen and oxygen atoms in total. The Morgan fingerprint density at radius 3 is 1.90 bits per heavy atom. The van der Waals surface area contributed by atoms with Crippen molar-refractivity contribution in [1.82, 2.24) is 29.1 Å². The first-order valence-corrected chi connectivity index (χ1v) is 35.9. The normalized spacial score (nSPS) is 19.4. The minimum atomic E-state index is -5.23. The molecule has 27 heteroatoms. The highest BCUT2D eigenvalue weighted by Crippen LogP contribution is 2.57. The SMILES string of the molecule is COc1ccc(C(OC[C@H]2O[C@@H](n3cnc4c(=O)[nH]c(N)nc43)C[C@@H]2OP(=O)(OCCC#N)OC(CCOS(=O)(=O)c2ccc(C)cc2)[C@H]2O[C@@H](n3cc(C)c(=O)[nH]c3=O)C[C@@H]2O[Si](c2ccccc2)(c2ccccc2)C(C)(C)C)(c2ccccc2)c2ccc(OC)cc2)cc1. The van der Waals surface area contributed by atoms with Gasteiger partial charge in [0.25, 0.3) is 29.6 Å². The zero-order valence-electron chi connectivity index (χ0n) is 53.9. The van der Waals surface area contributed by atoms with E-state index in [2.05, 4.69) is 40.7 Å². The van der Waals surface area contributed by atoms with Crippen LogP contribution >= 0.6 is 7.82 Å². The molecule has 11 rings (SSSR count). The van der Waals surface area contributed by atoms with Crippen LogP contribution in [0.25, 0.3) is 11.2 Å². The van der Waals surface area contributed by atoms with Gasteiger partial charge in [-0.3, -0.25) is 46.4 Å². The number of benzene rings is 6. The quantitative estimate of drug-likeness (QED) is 0.0142. The Bertz CT molecular complexity index is 4470. The summed E-state index contributed by atoms with van der Waals surface area (Å²) in [5.41, 5.74) is 5.68. The van der Waals surface area contributed by atoms with Crippen molar-refractivity contribution in [1.29, 1.82) is 5.26 Å². The van der Waals surface area contributed by atoms with E-state index in [4.69, 9.17) is 51.6 Å². The standard InChI is InChI=1S/C69H75N8O16PSSi/c1-45-24-34-52(35-25-45)95(82,83)88-39-36-55(62-57(41-59(90-62)76-42-46(2)64(78)75-67(76)80)93-96(68(3,4)5,53-20-13-9-14-21-53)54-22-15-10-16-23-54)91-94(81,87-38-17-37-70)92-56-40-60(77-44-72-61-63(77)73-66(71)74-65(61)79)89-58(56)43-86-69(47-18-11-8-12-19-47,48-26-30-50(84-6)31-27-48)49-28-32-51(85-7)33-29-49/h8-16,18-35,42,44,55-60,62H,17,36,38-41,43H2,1-7H3,(H,75,78,80)(H3,71,73,74,79)/t55?,56-,57-,58+,59+,60+,62+,94?/m0/s1. The molecule has 0 saturated carbocycles. The van der Waals surface area contributed by atoms with E-state index in [0.717, 1.165) is 15.9 Å². The molecule has 2 unspecified atom stereocenters. The maximum absolute atomic E-state index is 16.6. The third-order valence-corrected chi connectivity index (χ3v) is 25.1. The van der Waals surface area contributed by atoms with Crippen LogP contribution in [0.2, 0.25) is 5.04 Å². The van der Waals surface area contributed by atoms with Gasteiger partial charge in [-0.25, -0.2) is 14.3 Å². The van der Waals surface area contributed by atoms with E-state index in [-0.39, 0.29) is 53.4 Å². The largest absolute Gasteiger partial charge is 0.497 e. The summed E-state index contributed by atoms with van der Waals surface area (Å²) in [5.74, 6) is 0.957. The Kier molecular flexibility index (Phi) is 20.7. The Balaban J connectivity index is 1.05. The molecule has 6 aromatic carbocycles. The molecule has 0 spiro atoms. The molecule has 8 atom stereocenters. The number of rotatable bonds is 27. The van der Waals surface area contributed by atoms with Crippen LogP contribution in [-0.4, -0.2) is 110 Å². The number of H-pyrrole nitrogens is 2.